The van der Waals surface area contributed by atoms with Gasteiger partial charge in [0.15, 0.2) is 5.11 Å². The summed E-state index contributed by atoms with van der Waals surface area (Å²) in [6.07, 6.45) is 13.1. The molecule has 0 aromatic heterocycles. The van der Waals surface area contributed by atoms with Crippen molar-refractivity contribution in [3.8, 4) is 6.07 Å². The van der Waals surface area contributed by atoms with E-state index in [1.807, 2.05) is 18.2 Å². The van der Waals surface area contributed by atoms with E-state index < -0.39 is 0 Å². The molecule has 1 N–H and O–H groups in total. The predicted molar refractivity (Wildman–Crippen MR) is 138 cm³/mol. The van der Waals surface area contributed by atoms with Crippen LogP contribution in [0, 0.1) is 11.3 Å². The molecule has 0 amide bonds. The molecule has 1 fully saturated rings. The molecule has 1 aromatic rings. The Morgan fingerprint density at radius 1 is 1.12 bits per heavy atom. The van der Waals surface area contributed by atoms with Crippen molar-refractivity contribution in [1.82, 2.24) is 9.80 Å². The number of nitrogens with zero attached hydrogens (tertiary/aromatic N) is 3. The highest BCUT2D eigenvalue weighted by atomic mass is 32.1. The molecule has 0 heterocycles. The summed E-state index contributed by atoms with van der Waals surface area (Å²) in [5.74, 6) is 0. The van der Waals surface area contributed by atoms with Crippen LogP contribution in [0.15, 0.2) is 36.9 Å². The molecule has 0 unspecified atom stereocenters. The Morgan fingerprint density at radius 3 is 2.44 bits per heavy atom. The molecule has 0 spiro atoms. The number of nitrogens with one attached hydrogen (secondary N) is 1. The Labute approximate surface area is 200 Å². The smallest absolute Gasteiger partial charge is 0.173 e. The molecule has 0 radical (unpaired) electrons. The number of likely N-dealkylation sites (N-methyl/N-ethyl adjacent to an activating group) is 1. The summed E-state index contributed by atoms with van der Waals surface area (Å²) in [5, 5.41) is 12.9. The van der Waals surface area contributed by atoms with Crippen molar-refractivity contribution in [1.29, 1.82) is 5.26 Å². The first-order valence-corrected chi connectivity index (χ1v) is 12.4. The van der Waals surface area contributed by atoms with Gasteiger partial charge in [0, 0.05) is 31.9 Å². The highest BCUT2D eigenvalue weighted by molar-refractivity contribution is 7.80. The van der Waals surface area contributed by atoms with E-state index in [0.717, 1.165) is 56.2 Å². The molecule has 0 atom stereocenters. The summed E-state index contributed by atoms with van der Waals surface area (Å²) in [7, 11) is 4.22. The molecule has 0 aliphatic heterocycles. The third-order valence-corrected chi connectivity index (χ3v) is 6.65. The molecule has 0 bridgehead atoms. The van der Waals surface area contributed by atoms with Gasteiger partial charge in [-0.1, -0.05) is 25.3 Å². The lowest BCUT2D eigenvalue weighted by atomic mass is 9.92. The Hall–Kier alpha value is -1.94. The normalized spacial score (nSPS) is 18.2. The second-order valence-electron chi connectivity index (χ2n) is 8.85. The van der Waals surface area contributed by atoms with Crippen LogP contribution >= 0.6 is 12.2 Å². The Kier molecular flexibility index (Phi) is 12.3. The van der Waals surface area contributed by atoms with Gasteiger partial charge in [0.25, 0.3) is 0 Å². The number of hydrogen-bond donors (Lipinski definition) is 1. The number of hydrogen-bond acceptors (Lipinski definition) is 4. The van der Waals surface area contributed by atoms with Crippen LogP contribution in [0.1, 0.15) is 63.4 Å². The number of rotatable bonds is 13. The largest absolute Gasteiger partial charge is 0.378 e. The van der Waals surface area contributed by atoms with Crippen LogP contribution in [0.5, 0.6) is 0 Å². The molecule has 1 aromatic carbocycles. The van der Waals surface area contributed by atoms with Crippen LogP contribution in [-0.2, 0) is 4.74 Å². The first-order chi connectivity index (χ1) is 15.5. The first kappa shape index (κ1) is 26.3. The Morgan fingerprint density at radius 2 is 1.78 bits per heavy atom. The molecule has 176 valence electrons. The van der Waals surface area contributed by atoms with Crippen LogP contribution in [0.2, 0.25) is 0 Å². The molecule has 1 saturated carbocycles. The van der Waals surface area contributed by atoms with Gasteiger partial charge < -0.3 is 19.9 Å². The van der Waals surface area contributed by atoms with E-state index in [0.29, 0.717) is 17.7 Å². The molecule has 1 aliphatic carbocycles. The average Bonchev–Trinajstić information content (AvgIpc) is 2.81. The monoisotopic (exact) mass is 456 g/mol. The predicted octanol–water partition coefficient (Wildman–Crippen LogP) is 5.58. The number of anilines is 1. The lowest BCUT2D eigenvalue weighted by Crippen LogP contribution is -2.42. The van der Waals surface area contributed by atoms with Crippen LogP contribution in [-0.4, -0.2) is 60.8 Å². The zero-order valence-electron chi connectivity index (χ0n) is 19.9. The van der Waals surface area contributed by atoms with Gasteiger partial charge in [0.05, 0.1) is 17.7 Å². The zero-order chi connectivity index (χ0) is 23.2. The van der Waals surface area contributed by atoms with Gasteiger partial charge in [-0.3, -0.25) is 0 Å². The number of nitriles is 1. The molecule has 32 heavy (non-hydrogen) atoms. The van der Waals surface area contributed by atoms with E-state index in [1.54, 1.807) is 12.1 Å². The van der Waals surface area contributed by atoms with E-state index in [9.17, 15) is 0 Å². The first-order valence-electron chi connectivity index (χ1n) is 12.0. The van der Waals surface area contributed by atoms with Crippen molar-refractivity contribution in [3.63, 3.8) is 0 Å². The van der Waals surface area contributed by atoms with Crippen molar-refractivity contribution in [2.24, 2.45) is 0 Å². The second kappa shape index (κ2) is 15.0. The van der Waals surface area contributed by atoms with E-state index in [2.05, 4.69) is 41.9 Å². The minimum atomic E-state index is 0.396. The van der Waals surface area contributed by atoms with Crippen LogP contribution in [0.3, 0.4) is 0 Å². The van der Waals surface area contributed by atoms with Crippen molar-refractivity contribution in [3.05, 3.63) is 42.5 Å². The molecule has 6 heteroatoms. The molecule has 5 nitrogen and oxygen atoms in total. The third-order valence-electron chi connectivity index (χ3n) is 6.26. The summed E-state index contributed by atoms with van der Waals surface area (Å²) >= 11 is 5.60. The minimum Gasteiger partial charge on any atom is -0.378 e. The lowest BCUT2D eigenvalue weighted by molar-refractivity contribution is 0.0149. The topological polar surface area (TPSA) is 51.5 Å². The van der Waals surface area contributed by atoms with Gasteiger partial charge in [-0.05, 0) is 88.6 Å². The lowest BCUT2D eigenvalue weighted by Gasteiger charge is -2.36. The van der Waals surface area contributed by atoms with Crippen LogP contribution < -0.4 is 5.32 Å². The summed E-state index contributed by atoms with van der Waals surface area (Å²) in [5.41, 5.74) is 1.57. The Balaban J connectivity index is 1.54. The maximum absolute atomic E-state index is 8.92. The van der Waals surface area contributed by atoms with Crippen molar-refractivity contribution >= 4 is 23.0 Å². The second-order valence-corrected chi connectivity index (χ2v) is 9.24. The molecule has 1 aliphatic rings. The zero-order valence-corrected chi connectivity index (χ0v) is 20.7. The molecular weight excluding hydrogens is 416 g/mol. The fraction of sp³-hybridized carbons (Fsp3) is 0.615. The number of unbranched alkanes of at least 4 members (excludes halogenated alkanes) is 4. The van der Waals surface area contributed by atoms with E-state index >= 15 is 0 Å². The van der Waals surface area contributed by atoms with E-state index in [4.69, 9.17) is 22.2 Å². The Bertz CT molecular complexity index is 722. The highest BCUT2D eigenvalue weighted by Crippen LogP contribution is 2.25. The molecule has 0 saturated heterocycles. The average molecular weight is 457 g/mol. The maximum Gasteiger partial charge on any atom is 0.173 e. The standard InChI is InChI=1S/C26H40N4OS/c1-4-18-29(2)19-8-6-5-7-9-20-31-25-16-14-24(15-17-25)30(3)26(32)28-23-12-10-22(21-27)11-13-23/h4,10-13,24-25H,1,5-9,14-20H2,2-3H3,(H,28,32). The van der Waals surface area contributed by atoms with Gasteiger partial charge >= 0.3 is 0 Å². The van der Waals surface area contributed by atoms with Gasteiger partial charge in [-0.25, -0.2) is 0 Å². The van der Waals surface area contributed by atoms with E-state index in [-0.39, 0.29) is 0 Å². The highest BCUT2D eigenvalue weighted by Gasteiger charge is 2.25. The summed E-state index contributed by atoms with van der Waals surface area (Å²) < 4.78 is 6.15. The van der Waals surface area contributed by atoms with Gasteiger partial charge in [0.1, 0.15) is 0 Å². The third kappa shape index (κ3) is 9.68. The van der Waals surface area contributed by atoms with Gasteiger partial charge in [-0.2, -0.15) is 5.26 Å². The quantitative estimate of drug-likeness (QED) is 0.237. The summed E-state index contributed by atoms with van der Waals surface area (Å²) in [4.78, 5) is 4.50. The number of thiocarbonyl (C=S) groups is 1. The van der Waals surface area contributed by atoms with Crippen molar-refractivity contribution in [2.75, 3.05) is 39.1 Å². The fourth-order valence-corrected chi connectivity index (χ4v) is 4.45. The van der Waals surface area contributed by atoms with E-state index in [1.165, 1.54) is 32.1 Å². The maximum atomic E-state index is 8.92. The minimum absolute atomic E-state index is 0.396. The van der Waals surface area contributed by atoms with Crippen molar-refractivity contribution < 1.29 is 4.74 Å². The van der Waals surface area contributed by atoms with Crippen LogP contribution in [0.25, 0.3) is 0 Å². The number of benzene rings is 1. The van der Waals surface area contributed by atoms with Crippen molar-refractivity contribution in [2.45, 2.75) is 69.9 Å². The number of ether oxygens (including phenoxy) is 1. The molecule has 2 rings (SSSR count). The van der Waals surface area contributed by atoms with Gasteiger partial charge in [0.2, 0.25) is 0 Å². The fourth-order valence-electron chi connectivity index (χ4n) is 4.18. The summed E-state index contributed by atoms with van der Waals surface area (Å²) in [6.45, 7) is 6.81. The SMILES string of the molecule is C=CCN(C)CCCCCCCOC1CCC(N(C)C(=S)Nc2ccc(C#N)cc2)CC1. The van der Waals surface area contributed by atoms with Crippen LogP contribution in [0.4, 0.5) is 5.69 Å². The summed E-state index contributed by atoms with van der Waals surface area (Å²) in [6, 6.07) is 9.98. The van der Waals surface area contributed by atoms with Gasteiger partial charge in [-0.15, -0.1) is 6.58 Å². The molecular formula is C26H40N4OS.